The molecule has 0 radical (unpaired) electrons. The molecule has 0 spiro atoms. The maximum atomic E-state index is 12.5. The fraction of sp³-hybridized carbons (Fsp3) is 0.269. The van der Waals surface area contributed by atoms with Gasteiger partial charge in [0.25, 0.3) is 0 Å². The van der Waals surface area contributed by atoms with Crippen LogP contribution in [0.2, 0.25) is 0 Å². The van der Waals surface area contributed by atoms with Gasteiger partial charge in [-0.3, -0.25) is 4.79 Å². The molecule has 0 saturated carbocycles. The zero-order valence-corrected chi connectivity index (χ0v) is 19.5. The Hall–Kier alpha value is -3.25. The molecule has 5 nitrogen and oxygen atoms in total. The topological polar surface area (TPSA) is 66.9 Å². The lowest BCUT2D eigenvalue weighted by molar-refractivity contribution is -0.116. The van der Waals surface area contributed by atoms with Crippen LogP contribution < -0.4 is 10.6 Å². The van der Waals surface area contributed by atoms with E-state index < -0.39 is 0 Å². The highest BCUT2D eigenvalue weighted by Crippen LogP contribution is 2.40. The molecule has 32 heavy (non-hydrogen) atoms. The van der Waals surface area contributed by atoms with E-state index in [1.165, 1.54) is 10.4 Å². The van der Waals surface area contributed by atoms with Gasteiger partial charge >= 0.3 is 0 Å². The molecule has 0 aliphatic rings. The van der Waals surface area contributed by atoms with Crippen LogP contribution in [0.4, 0.5) is 11.5 Å². The number of anilines is 2. The standard InChI is InChI=1S/C26H28N4OS/c1-17(2)20-12-7-8-13-21(20)30-22(31)14-9-15-27-25-24-23(19-10-5-4-6-11-19)18(3)32-26(24)29-16-28-25/h4-8,10-13,16-17H,9,14-15H2,1-3H3,(H,30,31)(H,27,28,29). The fourth-order valence-electron chi connectivity index (χ4n) is 3.91. The number of rotatable bonds is 8. The summed E-state index contributed by atoms with van der Waals surface area (Å²) in [6, 6.07) is 18.3. The zero-order chi connectivity index (χ0) is 22.5. The van der Waals surface area contributed by atoms with E-state index in [-0.39, 0.29) is 5.91 Å². The number of thiophene rings is 1. The fourth-order valence-corrected chi connectivity index (χ4v) is 4.93. The number of para-hydroxylation sites is 1. The number of hydrogen-bond donors (Lipinski definition) is 2. The summed E-state index contributed by atoms with van der Waals surface area (Å²) < 4.78 is 0. The number of carbonyl (C=O) groups excluding carboxylic acids is 1. The van der Waals surface area contributed by atoms with E-state index in [0.717, 1.165) is 32.8 Å². The second kappa shape index (κ2) is 9.92. The maximum Gasteiger partial charge on any atom is 0.224 e. The molecule has 0 fully saturated rings. The third kappa shape index (κ3) is 4.81. The molecule has 2 aromatic carbocycles. The van der Waals surface area contributed by atoms with E-state index >= 15 is 0 Å². The number of benzene rings is 2. The number of fused-ring (bicyclic) bond motifs is 1. The first-order chi connectivity index (χ1) is 15.5. The van der Waals surface area contributed by atoms with Crippen LogP contribution in [-0.2, 0) is 4.79 Å². The summed E-state index contributed by atoms with van der Waals surface area (Å²) in [5.41, 5.74) is 4.40. The molecule has 0 aliphatic carbocycles. The second-order valence-electron chi connectivity index (χ2n) is 8.12. The van der Waals surface area contributed by atoms with Crippen molar-refractivity contribution in [2.24, 2.45) is 0 Å². The van der Waals surface area contributed by atoms with Crippen LogP contribution in [0.3, 0.4) is 0 Å². The smallest absolute Gasteiger partial charge is 0.224 e. The Balaban J connectivity index is 1.42. The summed E-state index contributed by atoms with van der Waals surface area (Å²) in [6.07, 6.45) is 2.76. The van der Waals surface area contributed by atoms with Crippen LogP contribution in [-0.4, -0.2) is 22.4 Å². The lowest BCUT2D eigenvalue weighted by Gasteiger charge is -2.14. The van der Waals surface area contributed by atoms with Crippen molar-refractivity contribution in [2.45, 2.75) is 39.5 Å². The molecule has 0 unspecified atom stereocenters. The quantitative estimate of drug-likeness (QED) is 0.300. The minimum atomic E-state index is 0.0316. The largest absolute Gasteiger partial charge is 0.369 e. The minimum absolute atomic E-state index is 0.0316. The van der Waals surface area contributed by atoms with Gasteiger partial charge in [-0.25, -0.2) is 9.97 Å². The van der Waals surface area contributed by atoms with Gasteiger partial charge in [0.2, 0.25) is 5.91 Å². The summed E-state index contributed by atoms with van der Waals surface area (Å²) in [7, 11) is 0. The highest BCUT2D eigenvalue weighted by atomic mass is 32.1. The molecular weight excluding hydrogens is 416 g/mol. The van der Waals surface area contributed by atoms with E-state index in [1.54, 1.807) is 17.7 Å². The molecule has 0 bridgehead atoms. The molecule has 164 valence electrons. The first-order valence-corrected chi connectivity index (χ1v) is 11.8. The normalized spacial score (nSPS) is 11.1. The Bertz CT molecular complexity index is 1220. The van der Waals surface area contributed by atoms with Crippen LogP contribution in [0.25, 0.3) is 21.3 Å². The van der Waals surface area contributed by atoms with Crippen LogP contribution in [0.5, 0.6) is 0 Å². The van der Waals surface area contributed by atoms with Crippen molar-refractivity contribution in [3.63, 3.8) is 0 Å². The van der Waals surface area contributed by atoms with Crippen LogP contribution >= 0.6 is 11.3 Å². The summed E-state index contributed by atoms with van der Waals surface area (Å²) in [5.74, 6) is 1.22. The Morgan fingerprint density at radius 3 is 2.56 bits per heavy atom. The van der Waals surface area contributed by atoms with Crippen LogP contribution in [0.1, 0.15) is 43.0 Å². The average Bonchev–Trinajstić information content (AvgIpc) is 3.14. The van der Waals surface area contributed by atoms with Gasteiger partial charge in [-0.2, -0.15) is 0 Å². The monoisotopic (exact) mass is 444 g/mol. The molecule has 1 amide bonds. The minimum Gasteiger partial charge on any atom is -0.369 e. The number of nitrogens with zero attached hydrogens (tertiary/aromatic N) is 2. The van der Waals surface area contributed by atoms with Gasteiger partial charge in [-0.05, 0) is 36.5 Å². The summed E-state index contributed by atoms with van der Waals surface area (Å²) >= 11 is 1.68. The van der Waals surface area contributed by atoms with Crippen molar-refractivity contribution in [3.05, 3.63) is 71.4 Å². The van der Waals surface area contributed by atoms with Gasteiger partial charge in [0.1, 0.15) is 17.0 Å². The van der Waals surface area contributed by atoms with Gasteiger partial charge in [0.05, 0.1) is 5.39 Å². The van der Waals surface area contributed by atoms with Crippen LogP contribution in [0.15, 0.2) is 60.9 Å². The number of hydrogen-bond acceptors (Lipinski definition) is 5. The van der Waals surface area contributed by atoms with Gasteiger partial charge in [0.15, 0.2) is 0 Å². The molecule has 4 aromatic rings. The van der Waals surface area contributed by atoms with Gasteiger partial charge in [-0.15, -0.1) is 11.3 Å². The summed E-state index contributed by atoms with van der Waals surface area (Å²) in [4.78, 5) is 23.7. The molecule has 2 heterocycles. The molecule has 0 atom stereocenters. The second-order valence-corrected chi connectivity index (χ2v) is 9.33. The lowest BCUT2D eigenvalue weighted by Crippen LogP contribution is -2.15. The predicted octanol–water partition coefficient (Wildman–Crippen LogP) is 6.62. The number of nitrogens with one attached hydrogen (secondary N) is 2. The van der Waals surface area contributed by atoms with Crippen molar-refractivity contribution in [3.8, 4) is 11.1 Å². The molecule has 4 rings (SSSR count). The average molecular weight is 445 g/mol. The van der Waals surface area contributed by atoms with E-state index in [4.69, 9.17) is 0 Å². The van der Waals surface area contributed by atoms with Gasteiger partial charge in [-0.1, -0.05) is 62.4 Å². The molecule has 2 N–H and O–H groups in total. The Kier molecular flexibility index (Phi) is 6.81. The Morgan fingerprint density at radius 1 is 1.03 bits per heavy atom. The number of carbonyl (C=O) groups is 1. The lowest BCUT2D eigenvalue weighted by atomic mass is 10.0. The number of amides is 1. The SMILES string of the molecule is Cc1sc2ncnc(NCCCC(=O)Nc3ccccc3C(C)C)c2c1-c1ccccc1. The predicted molar refractivity (Wildman–Crippen MR) is 134 cm³/mol. The Labute approximate surface area is 192 Å². The van der Waals surface area contributed by atoms with Crippen molar-refractivity contribution < 1.29 is 4.79 Å². The highest BCUT2D eigenvalue weighted by Gasteiger charge is 2.16. The highest BCUT2D eigenvalue weighted by molar-refractivity contribution is 7.19. The molecule has 0 aliphatic heterocycles. The summed E-state index contributed by atoms with van der Waals surface area (Å²) in [5, 5.41) is 7.55. The molecule has 2 aromatic heterocycles. The number of aryl methyl sites for hydroxylation is 1. The maximum absolute atomic E-state index is 12.5. The summed E-state index contributed by atoms with van der Waals surface area (Å²) in [6.45, 7) is 7.05. The van der Waals surface area contributed by atoms with E-state index in [1.807, 2.05) is 36.4 Å². The van der Waals surface area contributed by atoms with Crippen molar-refractivity contribution in [1.29, 1.82) is 0 Å². The van der Waals surface area contributed by atoms with Crippen molar-refractivity contribution in [1.82, 2.24) is 9.97 Å². The number of aromatic nitrogens is 2. The van der Waals surface area contributed by atoms with E-state index in [0.29, 0.717) is 25.3 Å². The van der Waals surface area contributed by atoms with E-state index in [2.05, 4.69) is 59.6 Å². The van der Waals surface area contributed by atoms with Gasteiger partial charge in [0, 0.05) is 29.1 Å². The first-order valence-electron chi connectivity index (χ1n) is 11.0. The van der Waals surface area contributed by atoms with Crippen molar-refractivity contribution in [2.75, 3.05) is 17.2 Å². The third-order valence-corrected chi connectivity index (χ3v) is 6.47. The third-order valence-electron chi connectivity index (χ3n) is 5.46. The van der Waals surface area contributed by atoms with Crippen LogP contribution in [0, 0.1) is 6.92 Å². The molecule has 0 saturated heterocycles. The van der Waals surface area contributed by atoms with Crippen molar-refractivity contribution >= 4 is 39.0 Å². The molecular formula is C26H28N4OS. The first kappa shape index (κ1) is 22.0. The van der Waals surface area contributed by atoms with E-state index in [9.17, 15) is 4.79 Å². The molecule has 6 heteroatoms. The zero-order valence-electron chi connectivity index (χ0n) is 18.7. The Morgan fingerprint density at radius 2 is 1.78 bits per heavy atom. The van der Waals surface area contributed by atoms with Gasteiger partial charge < -0.3 is 10.6 Å².